The molecule has 1 N–H and O–H groups in total. The molecule has 0 spiro atoms. The Morgan fingerprint density at radius 3 is 2.65 bits per heavy atom. The first-order valence-electron chi connectivity index (χ1n) is 10.7. The van der Waals surface area contributed by atoms with Gasteiger partial charge in [-0.25, -0.2) is 10.4 Å². The number of carbonyl (C=O) groups excluding carboxylic acids is 1. The zero-order valence-corrected chi connectivity index (χ0v) is 20.0. The van der Waals surface area contributed by atoms with Gasteiger partial charge in [0.05, 0.1) is 19.1 Å². The number of amides is 1. The Labute approximate surface area is 202 Å². The minimum atomic E-state index is -0.260. The highest BCUT2D eigenvalue weighted by Gasteiger charge is 2.09. The predicted octanol–water partition coefficient (Wildman–Crippen LogP) is 5.27. The van der Waals surface area contributed by atoms with Crippen molar-refractivity contribution in [1.29, 1.82) is 0 Å². The summed E-state index contributed by atoms with van der Waals surface area (Å²) in [5.74, 6) is 1.10. The number of carbonyl (C=O) groups is 1. The topological polar surface area (TPSA) is 86.0 Å². The van der Waals surface area contributed by atoms with E-state index in [1.807, 2.05) is 36.4 Å². The number of fused-ring (bicyclic) bond motifs is 1. The molecule has 174 valence electrons. The van der Waals surface area contributed by atoms with Gasteiger partial charge in [-0.1, -0.05) is 53.2 Å². The second kappa shape index (κ2) is 10.9. The van der Waals surface area contributed by atoms with Gasteiger partial charge in [0, 0.05) is 0 Å². The number of thioether (sulfide) groups is 1. The van der Waals surface area contributed by atoms with E-state index in [1.54, 1.807) is 19.4 Å². The van der Waals surface area contributed by atoms with Crippen LogP contribution in [-0.2, 0) is 11.4 Å². The van der Waals surface area contributed by atoms with Crippen LogP contribution in [0, 0.1) is 13.8 Å². The third-order valence-corrected chi connectivity index (χ3v) is 5.70. The van der Waals surface area contributed by atoms with E-state index in [4.69, 9.17) is 13.9 Å². The first kappa shape index (κ1) is 23.4. The van der Waals surface area contributed by atoms with Crippen LogP contribution in [0.3, 0.4) is 0 Å². The number of aromatic nitrogens is 1. The molecule has 0 atom stereocenters. The molecule has 34 heavy (non-hydrogen) atoms. The average Bonchev–Trinajstić information content (AvgIpc) is 3.24. The zero-order valence-electron chi connectivity index (χ0n) is 19.2. The van der Waals surface area contributed by atoms with E-state index in [2.05, 4.69) is 47.6 Å². The molecular formula is C26H25N3O4S. The highest BCUT2D eigenvalue weighted by Crippen LogP contribution is 2.28. The molecule has 1 heterocycles. The maximum atomic E-state index is 12.1. The Morgan fingerprint density at radius 2 is 1.88 bits per heavy atom. The van der Waals surface area contributed by atoms with Crippen LogP contribution in [0.1, 0.15) is 22.3 Å². The summed E-state index contributed by atoms with van der Waals surface area (Å²) in [6.45, 7) is 4.58. The molecule has 0 aliphatic heterocycles. The molecule has 3 aromatic carbocycles. The van der Waals surface area contributed by atoms with Gasteiger partial charge >= 0.3 is 0 Å². The van der Waals surface area contributed by atoms with Crippen molar-refractivity contribution in [2.75, 3.05) is 12.9 Å². The lowest BCUT2D eigenvalue weighted by atomic mass is 10.1. The van der Waals surface area contributed by atoms with Crippen LogP contribution in [0.25, 0.3) is 11.1 Å². The number of hydrogen-bond donors (Lipinski definition) is 1. The van der Waals surface area contributed by atoms with Crippen LogP contribution < -0.4 is 14.9 Å². The number of hydrazone groups is 1. The van der Waals surface area contributed by atoms with Crippen molar-refractivity contribution in [3.8, 4) is 11.5 Å². The Balaban J connectivity index is 1.30. The molecule has 0 saturated carbocycles. The quantitative estimate of drug-likeness (QED) is 0.202. The second-order valence-electron chi connectivity index (χ2n) is 7.72. The number of para-hydroxylation sites is 2. The number of nitrogens with zero attached hydrogens (tertiary/aromatic N) is 2. The van der Waals surface area contributed by atoms with Gasteiger partial charge in [0.1, 0.15) is 12.1 Å². The molecule has 0 unspecified atom stereocenters. The monoisotopic (exact) mass is 475 g/mol. The molecule has 8 heteroatoms. The molecule has 0 aliphatic rings. The fraction of sp³-hybridized carbons (Fsp3) is 0.192. The molecule has 0 radical (unpaired) electrons. The molecule has 1 aromatic heterocycles. The van der Waals surface area contributed by atoms with E-state index in [9.17, 15) is 4.79 Å². The molecule has 1 amide bonds. The summed E-state index contributed by atoms with van der Waals surface area (Å²) in [5.41, 5.74) is 8.24. The normalized spacial score (nSPS) is 11.1. The molecule has 0 aliphatic carbocycles. The molecule has 0 saturated heterocycles. The highest BCUT2D eigenvalue weighted by atomic mass is 32.2. The Bertz CT molecular complexity index is 1280. The summed E-state index contributed by atoms with van der Waals surface area (Å²) < 4.78 is 17.0. The molecule has 4 aromatic rings. The van der Waals surface area contributed by atoms with Crippen molar-refractivity contribution in [2.24, 2.45) is 5.10 Å². The SMILES string of the molecule is COc1cc(/C=N/NC(=O)CSc2nc3ccccc3o2)ccc1OCc1cc(C)cc(C)c1. The Hall–Kier alpha value is -3.78. The van der Waals surface area contributed by atoms with E-state index in [1.165, 1.54) is 22.9 Å². The Kier molecular flexibility index (Phi) is 7.49. The van der Waals surface area contributed by atoms with Crippen LogP contribution in [-0.4, -0.2) is 30.0 Å². The minimum absolute atomic E-state index is 0.138. The van der Waals surface area contributed by atoms with E-state index in [-0.39, 0.29) is 11.7 Å². The van der Waals surface area contributed by atoms with Crippen LogP contribution in [0.5, 0.6) is 11.5 Å². The lowest BCUT2D eigenvalue weighted by Crippen LogP contribution is -2.19. The molecule has 4 rings (SSSR count). The lowest BCUT2D eigenvalue weighted by molar-refractivity contribution is -0.118. The van der Waals surface area contributed by atoms with Crippen molar-refractivity contribution in [3.63, 3.8) is 0 Å². The maximum absolute atomic E-state index is 12.1. The third-order valence-electron chi connectivity index (χ3n) is 4.87. The first-order chi connectivity index (χ1) is 16.5. The van der Waals surface area contributed by atoms with Crippen molar-refractivity contribution in [2.45, 2.75) is 25.7 Å². The van der Waals surface area contributed by atoms with E-state index < -0.39 is 0 Å². The molecule has 7 nitrogen and oxygen atoms in total. The summed E-state index contributed by atoms with van der Waals surface area (Å²) in [7, 11) is 1.59. The van der Waals surface area contributed by atoms with Crippen LogP contribution in [0.2, 0.25) is 0 Å². The van der Waals surface area contributed by atoms with Crippen LogP contribution in [0.15, 0.2) is 75.4 Å². The smallest absolute Gasteiger partial charge is 0.257 e. The zero-order chi connectivity index (χ0) is 23.9. The summed E-state index contributed by atoms with van der Waals surface area (Å²) >= 11 is 1.21. The summed E-state index contributed by atoms with van der Waals surface area (Å²) in [4.78, 5) is 16.4. The number of rotatable bonds is 9. The fourth-order valence-corrected chi connectivity index (χ4v) is 4.08. The van der Waals surface area contributed by atoms with Gasteiger partial charge in [-0.3, -0.25) is 4.79 Å². The van der Waals surface area contributed by atoms with Gasteiger partial charge in [-0.15, -0.1) is 0 Å². The number of ether oxygens (including phenoxy) is 2. The largest absolute Gasteiger partial charge is 0.493 e. The number of hydrogen-bond acceptors (Lipinski definition) is 7. The van der Waals surface area contributed by atoms with Crippen LogP contribution in [0.4, 0.5) is 0 Å². The summed E-state index contributed by atoms with van der Waals surface area (Å²) in [6.07, 6.45) is 1.55. The summed E-state index contributed by atoms with van der Waals surface area (Å²) in [5, 5.41) is 4.48. The summed E-state index contributed by atoms with van der Waals surface area (Å²) in [6, 6.07) is 19.3. The van der Waals surface area contributed by atoms with Gasteiger partial charge in [-0.05, 0) is 55.3 Å². The average molecular weight is 476 g/mol. The standard InChI is InChI=1S/C26H25N3O4S/c1-17-10-18(2)12-20(11-17)15-32-23-9-8-19(13-24(23)31-3)14-27-29-25(30)16-34-26-28-21-6-4-5-7-22(21)33-26/h4-14H,15-16H2,1-3H3,(H,29,30)/b27-14+. The van der Waals surface area contributed by atoms with Gasteiger partial charge in [-0.2, -0.15) is 5.10 Å². The number of methoxy groups -OCH3 is 1. The number of aryl methyl sites for hydroxylation is 2. The van der Waals surface area contributed by atoms with E-state index >= 15 is 0 Å². The number of nitrogens with one attached hydrogen (secondary N) is 1. The van der Waals surface area contributed by atoms with Gasteiger partial charge in [0.2, 0.25) is 0 Å². The van der Waals surface area contributed by atoms with E-state index in [0.717, 1.165) is 16.6 Å². The Morgan fingerprint density at radius 1 is 1.09 bits per heavy atom. The third kappa shape index (κ3) is 6.17. The molecular weight excluding hydrogens is 450 g/mol. The second-order valence-corrected chi connectivity index (χ2v) is 8.65. The fourth-order valence-electron chi connectivity index (χ4n) is 3.45. The van der Waals surface area contributed by atoms with Crippen molar-refractivity contribution in [3.05, 3.63) is 82.9 Å². The maximum Gasteiger partial charge on any atom is 0.257 e. The van der Waals surface area contributed by atoms with Crippen molar-refractivity contribution >= 4 is 35.0 Å². The first-order valence-corrected chi connectivity index (χ1v) is 11.7. The minimum Gasteiger partial charge on any atom is -0.493 e. The highest BCUT2D eigenvalue weighted by molar-refractivity contribution is 7.99. The molecule has 0 bridgehead atoms. The predicted molar refractivity (Wildman–Crippen MR) is 134 cm³/mol. The lowest BCUT2D eigenvalue weighted by Gasteiger charge is -2.12. The van der Waals surface area contributed by atoms with Crippen LogP contribution >= 0.6 is 11.8 Å². The van der Waals surface area contributed by atoms with Gasteiger partial charge in [0.25, 0.3) is 11.1 Å². The molecule has 0 fully saturated rings. The van der Waals surface area contributed by atoms with Crippen molar-refractivity contribution < 1.29 is 18.7 Å². The van der Waals surface area contributed by atoms with E-state index in [0.29, 0.717) is 28.9 Å². The van der Waals surface area contributed by atoms with Gasteiger partial charge in [0.15, 0.2) is 17.1 Å². The number of benzene rings is 3. The van der Waals surface area contributed by atoms with Gasteiger partial charge < -0.3 is 13.9 Å². The van der Waals surface area contributed by atoms with Crippen molar-refractivity contribution in [1.82, 2.24) is 10.4 Å². The number of oxazole rings is 1.